The van der Waals surface area contributed by atoms with Crippen LogP contribution in [0.1, 0.15) is 51.9 Å². The Kier molecular flexibility index (Phi) is 5.90. The van der Waals surface area contributed by atoms with E-state index in [1.165, 1.54) is 19.3 Å². The maximum absolute atomic E-state index is 12.1. The molecule has 0 heterocycles. The van der Waals surface area contributed by atoms with E-state index in [-0.39, 0.29) is 11.9 Å². The van der Waals surface area contributed by atoms with E-state index in [0.717, 1.165) is 31.6 Å². The first-order valence-corrected chi connectivity index (χ1v) is 8.04. The molecule has 0 unspecified atom stereocenters. The van der Waals surface area contributed by atoms with Crippen LogP contribution < -0.4 is 4.74 Å². The van der Waals surface area contributed by atoms with Crippen molar-refractivity contribution in [1.29, 1.82) is 0 Å². The summed E-state index contributed by atoms with van der Waals surface area (Å²) in [5, 5.41) is 0.596. The molecule has 0 aliphatic heterocycles. The van der Waals surface area contributed by atoms with Gasteiger partial charge in [0.25, 0.3) is 0 Å². The van der Waals surface area contributed by atoms with E-state index >= 15 is 0 Å². The molecule has 0 atom stereocenters. The summed E-state index contributed by atoms with van der Waals surface area (Å²) in [5.74, 6) is 1.33. The summed E-state index contributed by atoms with van der Waals surface area (Å²) < 4.78 is 5.43. The summed E-state index contributed by atoms with van der Waals surface area (Å²) >= 11 is 5.89. The number of carbonyl (C=O) groups is 1. The molecule has 1 fully saturated rings. The van der Waals surface area contributed by atoms with Gasteiger partial charge in [0.2, 0.25) is 0 Å². The zero-order valence-electron chi connectivity index (χ0n) is 12.1. The van der Waals surface area contributed by atoms with Crippen molar-refractivity contribution in [3.63, 3.8) is 0 Å². The van der Waals surface area contributed by atoms with E-state index in [1.54, 1.807) is 24.3 Å². The lowest BCUT2D eigenvalue weighted by Crippen LogP contribution is -2.25. The van der Waals surface area contributed by atoms with Crippen molar-refractivity contribution in [3.8, 4) is 5.75 Å². The van der Waals surface area contributed by atoms with Gasteiger partial charge in [-0.3, -0.25) is 4.79 Å². The smallest absolute Gasteiger partial charge is 0.314 e. The van der Waals surface area contributed by atoms with Crippen molar-refractivity contribution in [2.24, 2.45) is 11.8 Å². The van der Waals surface area contributed by atoms with Crippen molar-refractivity contribution >= 4 is 17.6 Å². The quantitative estimate of drug-likeness (QED) is 0.548. The molecule has 2 nitrogen and oxygen atoms in total. The van der Waals surface area contributed by atoms with E-state index in [4.69, 9.17) is 16.3 Å². The zero-order chi connectivity index (χ0) is 14.4. The van der Waals surface area contributed by atoms with Gasteiger partial charge in [-0.15, -0.1) is 0 Å². The van der Waals surface area contributed by atoms with Crippen molar-refractivity contribution < 1.29 is 9.53 Å². The number of halogens is 1. The third-order valence-corrected chi connectivity index (χ3v) is 4.40. The molecule has 110 valence electrons. The van der Waals surface area contributed by atoms with E-state index in [2.05, 4.69) is 6.92 Å². The van der Waals surface area contributed by atoms with Crippen LogP contribution in [-0.4, -0.2) is 5.97 Å². The lowest BCUT2D eigenvalue weighted by atomic mass is 9.80. The Bertz CT molecular complexity index is 436. The predicted molar refractivity (Wildman–Crippen MR) is 82.1 cm³/mol. The van der Waals surface area contributed by atoms with E-state index in [1.807, 2.05) is 0 Å². The van der Waals surface area contributed by atoms with E-state index < -0.39 is 0 Å². The maximum atomic E-state index is 12.1. The van der Waals surface area contributed by atoms with Gasteiger partial charge in [0, 0.05) is 5.02 Å². The Hall–Kier alpha value is -1.02. The maximum Gasteiger partial charge on any atom is 0.314 e. The Morgan fingerprint density at radius 1 is 1.30 bits per heavy atom. The first-order valence-electron chi connectivity index (χ1n) is 7.66. The van der Waals surface area contributed by atoms with Crippen LogP contribution in [0.5, 0.6) is 5.75 Å². The molecular formula is C17H23ClO2. The standard InChI is InChI=1S/C17H23ClO2/c1-2-3-5-13-8-10-14(11-9-13)17(19)20-16-7-4-6-15(18)12-16/h4,6-7,12-14H,2-3,5,8-11H2,1H3. The highest BCUT2D eigenvalue weighted by molar-refractivity contribution is 6.30. The predicted octanol–water partition coefficient (Wildman–Crippen LogP) is 5.24. The second-order valence-corrected chi connectivity index (χ2v) is 6.17. The fourth-order valence-electron chi connectivity index (χ4n) is 2.91. The van der Waals surface area contributed by atoms with Crippen LogP contribution >= 0.6 is 11.6 Å². The van der Waals surface area contributed by atoms with Crippen molar-refractivity contribution in [2.75, 3.05) is 0 Å². The minimum atomic E-state index is -0.0961. The lowest BCUT2D eigenvalue weighted by Gasteiger charge is -2.27. The number of hydrogen-bond donors (Lipinski definition) is 0. The molecular weight excluding hydrogens is 272 g/mol. The molecule has 1 aliphatic carbocycles. The van der Waals surface area contributed by atoms with Gasteiger partial charge in [0.15, 0.2) is 0 Å². The number of rotatable bonds is 5. The van der Waals surface area contributed by atoms with Crippen molar-refractivity contribution in [3.05, 3.63) is 29.3 Å². The SMILES string of the molecule is CCCCC1CCC(C(=O)Oc2cccc(Cl)c2)CC1. The van der Waals surface area contributed by atoms with Gasteiger partial charge in [-0.1, -0.05) is 43.9 Å². The summed E-state index contributed by atoms with van der Waals surface area (Å²) in [4.78, 5) is 12.1. The molecule has 0 radical (unpaired) electrons. The van der Waals surface area contributed by atoms with Gasteiger partial charge in [-0.2, -0.15) is 0 Å². The zero-order valence-corrected chi connectivity index (χ0v) is 12.9. The molecule has 0 N–H and O–H groups in total. The van der Waals surface area contributed by atoms with Crippen LogP contribution in [-0.2, 0) is 4.79 Å². The molecule has 1 saturated carbocycles. The van der Waals surface area contributed by atoms with Crippen molar-refractivity contribution in [1.82, 2.24) is 0 Å². The van der Waals surface area contributed by atoms with Crippen molar-refractivity contribution in [2.45, 2.75) is 51.9 Å². The molecule has 2 rings (SSSR count). The average Bonchev–Trinajstić information content (AvgIpc) is 2.45. The van der Waals surface area contributed by atoms with Gasteiger partial charge in [-0.25, -0.2) is 0 Å². The number of esters is 1. The molecule has 3 heteroatoms. The molecule has 0 amide bonds. The fourth-order valence-corrected chi connectivity index (χ4v) is 3.09. The first-order chi connectivity index (χ1) is 9.69. The van der Waals surface area contributed by atoms with E-state index in [9.17, 15) is 4.79 Å². The van der Waals surface area contributed by atoms with Gasteiger partial charge >= 0.3 is 5.97 Å². The number of benzene rings is 1. The Balaban J connectivity index is 1.80. The van der Waals surface area contributed by atoms with Gasteiger partial charge in [0.1, 0.15) is 5.75 Å². The van der Waals surface area contributed by atoms with Gasteiger partial charge in [0.05, 0.1) is 5.92 Å². The molecule has 0 saturated heterocycles. The van der Waals surface area contributed by atoms with Crippen LogP contribution in [0, 0.1) is 11.8 Å². The molecule has 0 spiro atoms. The number of hydrogen-bond acceptors (Lipinski definition) is 2. The summed E-state index contributed by atoms with van der Waals surface area (Å²) in [5.41, 5.74) is 0. The molecule has 0 bridgehead atoms. The van der Waals surface area contributed by atoms with Gasteiger partial charge < -0.3 is 4.74 Å². The third-order valence-electron chi connectivity index (χ3n) is 4.16. The third kappa shape index (κ3) is 4.52. The van der Waals surface area contributed by atoms with Crippen LogP contribution in [0.4, 0.5) is 0 Å². The molecule has 1 aromatic rings. The number of carbonyl (C=O) groups excluding carboxylic acids is 1. The normalized spacial score (nSPS) is 22.5. The number of ether oxygens (including phenoxy) is 1. The van der Waals surface area contributed by atoms with Gasteiger partial charge in [-0.05, 0) is 49.8 Å². The molecule has 1 aromatic carbocycles. The Morgan fingerprint density at radius 2 is 2.05 bits per heavy atom. The Labute approximate surface area is 126 Å². The molecule has 0 aromatic heterocycles. The summed E-state index contributed by atoms with van der Waals surface area (Å²) in [6.45, 7) is 2.23. The Morgan fingerprint density at radius 3 is 2.70 bits per heavy atom. The topological polar surface area (TPSA) is 26.3 Å². The van der Waals surface area contributed by atoms with Crippen LogP contribution in [0.2, 0.25) is 5.02 Å². The minimum absolute atomic E-state index is 0.0619. The molecule has 20 heavy (non-hydrogen) atoms. The highest BCUT2D eigenvalue weighted by Gasteiger charge is 2.27. The summed E-state index contributed by atoms with van der Waals surface area (Å²) in [6, 6.07) is 7.04. The molecule has 1 aliphatic rings. The summed E-state index contributed by atoms with van der Waals surface area (Å²) in [7, 11) is 0. The van der Waals surface area contributed by atoms with Crippen LogP contribution in [0.3, 0.4) is 0 Å². The summed E-state index contributed by atoms with van der Waals surface area (Å²) in [6.07, 6.45) is 8.14. The van der Waals surface area contributed by atoms with Crippen LogP contribution in [0.15, 0.2) is 24.3 Å². The minimum Gasteiger partial charge on any atom is -0.426 e. The second kappa shape index (κ2) is 7.68. The van der Waals surface area contributed by atoms with E-state index in [0.29, 0.717) is 10.8 Å². The highest BCUT2D eigenvalue weighted by atomic mass is 35.5. The fraction of sp³-hybridized carbons (Fsp3) is 0.588. The lowest BCUT2D eigenvalue weighted by molar-refractivity contribution is -0.140. The highest BCUT2D eigenvalue weighted by Crippen LogP contribution is 2.33. The monoisotopic (exact) mass is 294 g/mol. The number of unbranched alkanes of at least 4 members (excludes halogenated alkanes) is 1. The first kappa shape index (κ1) is 15.4. The van der Waals surface area contributed by atoms with Crippen LogP contribution in [0.25, 0.3) is 0 Å². The average molecular weight is 295 g/mol. The largest absolute Gasteiger partial charge is 0.426 e. The second-order valence-electron chi connectivity index (χ2n) is 5.74.